The highest BCUT2D eigenvalue weighted by atomic mass is 16.6. The zero-order chi connectivity index (χ0) is 12.8. The molecule has 0 saturated heterocycles. The van der Waals surface area contributed by atoms with E-state index >= 15 is 0 Å². The predicted molar refractivity (Wildman–Crippen MR) is 62.9 cm³/mol. The van der Waals surface area contributed by atoms with Crippen LogP contribution in [0.4, 0.5) is 5.69 Å². The highest BCUT2D eigenvalue weighted by Crippen LogP contribution is 2.04. The van der Waals surface area contributed by atoms with Gasteiger partial charge in [0.1, 0.15) is 6.20 Å². The van der Waals surface area contributed by atoms with E-state index in [0.717, 1.165) is 12.6 Å². The molecule has 94 valence electrons. The van der Waals surface area contributed by atoms with Crippen molar-refractivity contribution >= 4 is 5.69 Å². The van der Waals surface area contributed by atoms with Crippen LogP contribution in [0.3, 0.4) is 0 Å². The molecular formula is C10H16N4O3. The fraction of sp³-hybridized carbons (Fsp3) is 0.600. The highest BCUT2D eigenvalue weighted by Gasteiger charge is 2.08. The van der Waals surface area contributed by atoms with E-state index in [4.69, 9.17) is 0 Å². The van der Waals surface area contributed by atoms with Gasteiger partial charge >= 0.3 is 11.4 Å². The molecule has 7 nitrogen and oxygen atoms in total. The average molecular weight is 240 g/mol. The zero-order valence-corrected chi connectivity index (χ0v) is 9.92. The SMILES string of the molecule is CCC(C)NCCn1cc([N+](=O)[O-])cnc1=O. The number of nitro groups is 1. The molecule has 1 aromatic heterocycles. The molecule has 0 fully saturated rings. The second kappa shape index (κ2) is 6.09. The maximum atomic E-state index is 11.3. The van der Waals surface area contributed by atoms with Gasteiger partial charge in [0, 0.05) is 19.1 Å². The molecular weight excluding hydrogens is 224 g/mol. The zero-order valence-electron chi connectivity index (χ0n) is 9.92. The topological polar surface area (TPSA) is 90.1 Å². The summed E-state index contributed by atoms with van der Waals surface area (Å²) in [7, 11) is 0. The van der Waals surface area contributed by atoms with Crippen molar-refractivity contribution in [3.05, 3.63) is 33.0 Å². The summed E-state index contributed by atoms with van der Waals surface area (Å²) in [6.45, 7) is 5.04. The molecule has 1 N–H and O–H groups in total. The third-order valence-corrected chi connectivity index (χ3v) is 2.51. The van der Waals surface area contributed by atoms with E-state index in [1.807, 2.05) is 6.92 Å². The van der Waals surface area contributed by atoms with Crippen molar-refractivity contribution in [1.82, 2.24) is 14.9 Å². The van der Waals surface area contributed by atoms with E-state index in [9.17, 15) is 14.9 Å². The number of aromatic nitrogens is 2. The Balaban J connectivity index is 2.67. The van der Waals surface area contributed by atoms with Crippen molar-refractivity contribution in [3.63, 3.8) is 0 Å². The average Bonchev–Trinajstić information content (AvgIpc) is 2.30. The van der Waals surface area contributed by atoms with Crippen molar-refractivity contribution in [2.75, 3.05) is 6.54 Å². The van der Waals surface area contributed by atoms with E-state index < -0.39 is 10.6 Å². The Morgan fingerprint density at radius 3 is 2.94 bits per heavy atom. The third kappa shape index (κ3) is 3.95. The Kier molecular flexibility index (Phi) is 4.77. The van der Waals surface area contributed by atoms with Crippen LogP contribution in [0.25, 0.3) is 0 Å². The molecule has 1 rings (SSSR count). The van der Waals surface area contributed by atoms with Gasteiger partial charge in [-0.3, -0.25) is 14.7 Å². The Hall–Kier alpha value is -1.76. The second-order valence-electron chi connectivity index (χ2n) is 3.81. The number of rotatable bonds is 6. The maximum absolute atomic E-state index is 11.3. The van der Waals surface area contributed by atoms with Crippen LogP contribution < -0.4 is 11.0 Å². The van der Waals surface area contributed by atoms with Crippen LogP contribution >= 0.6 is 0 Å². The molecule has 1 aromatic rings. The molecule has 0 spiro atoms. The molecule has 0 aromatic carbocycles. The van der Waals surface area contributed by atoms with Crippen molar-refractivity contribution in [2.24, 2.45) is 0 Å². The molecule has 17 heavy (non-hydrogen) atoms. The first kappa shape index (κ1) is 13.3. The Bertz CT molecular complexity index is 443. The van der Waals surface area contributed by atoms with Crippen molar-refractivity contribution in [2.45, 2.75) is 32.9 Å². The van der Waals surface area contributed by atoms with Crippen LogP contribution in [0.1, 0.15) is 20.3 Å². The van der Waals surface area contributed by atoms with Crippen molar-refractivity contribution in [1.29, 1.82) is 0 Å². The summed E-state index contributed by atoms with van der Waals surface area (Å²) in [5, 5.41) is 13.7. The first-order valence-electron chi connectivity index (χ1n) is 5.49. The molecule has 0 saturated carbocycles. The molecule has 1 heterocycles. The maximum Gasteiger partial charge on any atom is 0.348 e. The van der Waals surface area contributed by atoms with Gasteiger partial charge in [0.2, 0.25) is 0 Å². The van der Waals surface area contributed by atoms with E-state index in [0.29, 0.717) is 19.1 Å². The van der Waals surface area contributed by atoms with Gasteiger partial charge in [0.25, 0.3) is 0 Å². The fourth-order valence-corrected chi connectivity index (χ4v) is 1.27. The van der Waals surface area contributed by atoms with Gasteiger partial charge < -0.3 is 5.32 Å². The molecule has 0 bridgehead atoms. The largest absolute Gasteiger partial charge is 0.348 e. The summed E-state index contributed by atoms with van der Waals surface area (Å²) in [6, 6.07) is 0.359. The monoisotopic (exact) mass is 240 g/mol. The molecule has 0 amide bonds. The predicted octanol–water partition coefficient (Wildman–Crippen LogP) is 0.540. The standard InChI is InChI=1S/C10H16N4O3/c1-3-8(2)11-4-5-13-7-9(14(16)17)6-12-10(13)15/h6-8,11H,3-5H2,1-2H3. The molecule has 0 aliphatic carbocycles. The molecule has 0 radical (unpaired) electrons. The van der Waals surface area contributed by atoms with Crippen LogP contribution in [0.5, 0.6) is 0 Å². The smallest absolute Gasteiger partial charge is 0.312 e. The third-order valence-electron chi connectivity index (χ3n) is 2.51. The highest BCUT2D eigenvalue weighted by molar-refractivity contribution is 5.20. The lowest BCUT2D eigenvalue weighted by atomic mass is 10.2. The van der Waals surface area contributed by atoms with E-state index in [-0.39, 0.29) is 5.69 Å². The molecule has 7 heteroatoms. The number of nitrogens with zero attached hydrogens (tertiary/aromatic N) is 3. The number of hydrogen-bond acceptors (Lipinski definition) is 5. The summed E-state index contributed by atoms with van der Waals surface area (Å²) in [5.74, 6) is 0. The minimum absolute atomic E-state index is 0.173. The van der Waals surface area contributed by atoms with Gasteiger partial charge in [0.05, 0.1) is 11.1 Å². The molecule has 0 aliphatic rings. The van der Waals surface area contributed by atoms with Gasteiger partial charge in [0.15, 0.2) is 0 Å². The molecule has 1 atom stereocenters. The lowest BCUT2D eigenvalue weighted by Gasteiger charge is -2.11. The normalized spacial score (nSPS) is 12.4. The minimum atomic E-state index is -0.564. The van der Waals surface area contributed by atoms with Gasteiger partial charge in [-0.15, -0.1) is 0 Å². The fourth-order valence-electron chi connectivity index (χ4n) is 1.27. The molecule has 0 aliphatic heterocycles. The molecule has 1 unspecified atom stereocenters. The summed E-state index contributed by atoms with van der Waals surface area (Å²) >= 11 is 0. The summed E-state index contributed by atoms with van der Waals surface area (Å²) in [6.07, 6.45) is 3.18. The number of nitrogens with one attached hydrogen (secondary N) is 1. The van der Waals surface area contributed by atoms with Crippen LogP contribution in [0, 0.1) is 10.1 Å². The van der Waals surface area contributed by atoms with Gasteiger partial charge in [-0.2, -0.15) is 4.98 Å². The summed E-state index contributed by atoms with van der Waals surface area (Å²) < 4.78 is 1.24. The van der Waals surface area contributed by atoms with E-state index in [1.54, 1.807) is 0 Å². The van der Waals surface area contributed by atoms with Crippen molar-refractivity contribution in [3.8, 4) is 0 Å². The minimum Gasteiger partial charge on any atom is -0.312 e. The Labute approximate surface area is 98.6 Å². The number of hydrogen-bond donors (Lipinski definition) is 1. The van der Waals surface area contributed by atoms with Crippen LogP contribution in [-0.2, 0) is 6.54 Å². The van der Waals surface area contributed by atoms with E-state index in [1.165, 1.54) is 10.8 Å². The Morgan fingerprint density at radius 1 is 1.65 bits per heavy atom. The lowest BCUT2D eigenvalue weighted by molar-refractivity contribution is -0.385. The van der Waals surface area contributed by atoms with Gasteiger partial charge in [-0.05, 0) is 13.3 Å². The first-order valence-corrected chi connectivity index (χ1v) is 5.49. The van der Waals surface area contributed by atoms with Crippen LogP contribution in [-0.4, -0.2) is 27.1 Å². The van der Waals surface area contributed by atoms with Crippen molar-refractivity contribution < 1.29 is 4.92 Å². The second-order valence-corrected chi connectivity index (χ2v) is 3.81. The first-order chi connectivity index (χ1) is 8.04. The quantitative estimate of drug-likeness (QED) is 0.579. The van der Waals surface area contributed by atoms with Crippen LogP contribution in [0.15, 0.2) is 17.2 Å². The summed E-state index contributed by atoms with van der Waals surface area (Å²) in [4.78, 5) is 24.8. The van der Waals surface area contributed by atoms with E-state index in [2.05, 4.69) is 17.2 Å². The van der Waals surface area contributed by atoms with Gasteiger partial charge in [-0.25, -0.2) is 4.79 Å². The lowest BCUT2D eigenvalue weighted by Crippen LogP contribution is -2.32. The summed E-state index contributed by atoms with van der Waals surface area (Å²) in [5.41, 5.74) is -0.644. The van der Waals surface area contributed by atoms with Crippen LogP contribution in [0.2, 0.25) is 0 Å². The van der Waals surface area contributed by atoms with Gasteiger partial charge in [-0.1, -0.05) is 6.92 Å². The Morgan fingerprint density at radius 2 is 2.35 bits per heavy atom.